The predicted molar refractivity (Wildman–Crippen MR) is 68.1 cm³/mol. The second-order valence-corrected chi connectivity index (χ2v) is 5.37. The van der Waals surface area contributed by atoms with Crippen LogP contribution in [0.2, 0.25) is 0 Å². The highest BCUT2D eigenvalue weighted by Gasteiger charge is 2.11. The smallest absolute Gasteiger partial charge is 0.108 e. The molecule has 0 unspecified atom stereocenters. The molecule has 0 fully saturated rings. The number of benzene rings is 1. The van der Waals surface area contributed by atoms with Gasteiger partial charge in [-0.05, 0) is 19.1 Å². The van der Waals surface area contributed by atoms with Crippen molar-refractivity contribution in [3.63, 3.8) is 0 Å². The first-order valence-electron chi connectivity index (χ1n) is 5.41. The molecular formula is C12H13N3S. The molecule has 2 aromatic heterocycles. The van der Waals surface area contributed by atoms with Gasteiger partial charge in [0.2, 0.25) is 0 Å². The second kappa shape index (κ2) is 3.28. The van der Waals surface area contributed by atoms with Gasteiger partial charge in [-0.1, -0.05) is 13.8 Å². The minimum Gasteiger partial charge on any atom is -0.342 e. The van der Waals surface area contributed by atoms with E-state index in [1.165, 1.54) is 9.71 Å². The van der Waals surface area contributed by atoms with Crippen molar-refractivity contribution in [3.8, 4) is 0 Å². The van der Waals surface area contributed by atoms with E-state index < -0.39 is 0 Å². The Labute approximate surface area is 97.5 Å². The molecule has 1 N–H and O–H groups in total. The summed E-state index contributed by atoms with van der Waals surface area (Å²) >= 11 is 1.75. The first kappa shape index (κ1) is 9.78. The largest absolute Gasteiger partial charge is 0.342 e. The lowest BCUT2D eigenvalue weighted by Gasteiger charge is -1.94. The van der Waals surface area contributed by atoms with E-state index in [9.17, 15) is 0 Å². The van der Waals surface area contributed by atoms with Gasteiger partial charge < -0.3 is 4.98 Å². The summed E-state index contributed by atoms with van der Waals surface area (Å²) in [7, 11) is 0. The van der Waals surface area contributed by atoms with Crippen LogP contribution >= 0.6 is 11.3 Å². The molecule has 0 atom stereocenters. The minimum atomic E-state index is 0.479. The summed E-state index contributed by atoms with van der Waals surface area (Å²) in [4.78, 5) is 12.4. The van der Waals surface area contributed by atoms with Crippen LogP contribution in [-0.4, -0.2) is 15.0 Å². The number of aromatic nitrogens is 3. The first-order chi connectivity index (χ1) is 7.65. The highest BCUT2D eigenvalue weighted by atomic mass is 32.1. The molecule has 0 saturated heterocycles. The van der Waals surface area contributed by atoms with Gasteiger partial charge in [0.1, 0.15) is 11.3 Å². The van der Waals surface area contributed by atoms with Crippen LogP contribution in [0, 0.1) is 6.92 Å². The summed E-state index contributed by atoms with van der Waals surface area (Å²) in [6.45, 7) is 6.33. The fraction of sp³-hybridized carbons (Fsp3) is 0.333. The zero-order chi connectivity index (χ0) is 11.3. The summed E-state index contributed by atoms with van der Waals surface area (Å²) in [5.74, 6) is 1.44. The predicted octanol–water partition coefficient (Wildman–Crippen LogP) is 3.60. The van der Waals surface area contributed by atoms with Crippen LogP contribution in [-0.2, 0) is 0 Å². The molecule has 0 saturated carbocycles. The number of imidazole rings is 1. The van der Waals surface area contributed by atoms with Gasteiger partial charge >= 0.3 is 0 Å². The maximum absolute atomic E-state index is 4.64. The number of nitrogens with one attached hydrogen (secondary N) is 1. The van der Waals surface area contributed by atoms with E-state index in [4.69, 9.17) is 0 Å². The molecule has 0 aliphatic heterocycles. The number of aromatic amines is 1. The van der Waals surface area contributed by atoms with Crippen LogP contribution in [0.3, 0.4) is 0 Å². The molecule has 0 bridgehead atoms. The van der Waals surface area contributed by atoms with E-state index in [0.717, 1.165) is 22.4 Å². The molecule has 3 rings (SSSR count). The van der Waals surface area contributed by atoms with Crippen LogP contribution in [0.1, 0.15) is 30.6 Å². The first-order valence-corrected chi connectivity index (χ1v) is 6.22. The molecule has 1 aromatic carbocycles. The monoisotopic (exact) mass is 231 g/mol. The topological polar surface area (TPSA) is 41.6 Å². The normalized spacial score (nSPS) is 12.0. The summed E-state index contributed by atoms with van der Waals surface area (Å²) in [6, 6.07) is 4.12. The van der Waals surface area contributed by atoms with Crippen molar-refractivity contribution in [3.05, 3.63) is 23.0 Å². The lowest BCUT2D eigenvalue weighted by Crippen LogP contribution is -1.82. The van der Waals surface area contributed by atoms with Crippen molar-refractivity contribution < 1.29 is 0 Å². The Morgan fingerprint density at radius 3 is 2.81 bits per heavy atom. The fourth-order valence-corrected chi connectivity index (χ4v) is 2.90. The highest BCUT2D eigenvalue weighted by molar-refractivity contribution is 7.19. The number of hydrogen-bond acceptors (Lipinski definition) is 3. The van der Waals surface area contributed by atoms with Gasteiger partial charge in [0, 0.05) is 5.92 Å². The fourth-order valence-electron chi connectivity index (χ4n) is 1.84. The van der Waals surface area contributed by atoms with Gasteiger partial charge in [0.05, 0.1) is 20.7 Å². The van der Waals surface area contributed by atoms with Crippen molar-refractivity contribution in [2.75, 3.05) is 0 Å². The van der Waals surface area contributed by atoms with E-state index in [-0.39, 0.29) is 0 Å². The van der Waals surface area contributed by atoms with E-state index >= 15 is 0 Å². The number of nitrogens with zero attached hydrogens (tertiary/aromatic N) is 2. The molecule has 4 heteroatoms. The van der Waals surface area contributed by atoms with Gasteiger partial charge in [-0.2, -0.15) is 0 Å². The van der Waals surface area contributed by atoms with Crippen LogP contribution in [0.5, 0.6) is 0 Å². The second-order valence-electron chi connectivity index (χ2n) is 4.34. The maximum Gasteiger partial charge on any atom is 0.108 e. The van der Waals surface area contributed by atoms with Gasteiger partial charge in [-0.3, -0.25) is 0 Å². The average molecular weight is 231 g/mol. The average Bonchev–Trinajstić information content (AvgIpc) is 2.77. The number of H-pyrrole nitrogens is 1. The Hall–Kier alpha value is -1.42. The molecule has 0 aliphatic carbocycles. The van der Waals surface area contributed by atoms with Crippen molar-refractivity contribution in [2.24, 2.45) is 0 Å². The minimum absolute atomic E-state index is 0.479. The third-order valence-electron chi connectivity index (χ3n) is 2.64. The lowest BCUT2D eigenvalue weighted by atomic mass is 10.2. The molecule has 0 spiro atoms. The third-order valence-corrected chi connectivity index (χ3v) is 4.02. The molecule has 3 nitrogen and oxygen atoms in total. The lowest BCUT2D eigenvalue weighted by molar-refractivity contribution is 0.857. The molecule has 0 amide bonds. The summed E-state index contributed by atoms with van der Waals surface area (Å²) in [6.07, 6.45) is 0. The van der Waals surface area contributed by atoms with E-state index in [2.05, 4.69) is 40.9 Å². The zero-order valence-corrected chi connectivity index (χ0v) is 10.4. The Morgan fingerprint density at radius 1 is 1.25 bits per heavy atom. The van der Waals surface area contributed by atoms with Crippen molar-refractivity contribution in [1.82, 2.24) is 15.0 Å². The standard InChI is InChI=1S/C12H13N3S/c1-6(2)12-15-9-5-4-8-10(11(9)16-12)14-7(3)13-8/h4-6H,1-3H3,(H,13,14). The quantitative estimate of drug-likeness (QED) is 0.695. The van der Waals surface area contributed by atoms with E-state index in [1.54, 1.807) is 11.3 Å². The SMILES string of the molecule is Cc1nc2c(ccc3nc(C(C)C)sc32)[nH]1. The Kier molecular flexibility index (Phi) is 2.01. The van der Waals surface area contributed by atoms with E-state index in [0.29, 0.717) is 5.92 Å². The number of aryl methyl sites for hydroxylation is 1. The highest BCUT2D eigenvalue weighted by Crippen LogP contribution is 2.31. The van der Waals surface area contributed by atoms with Gasteiger partial charge in [-0.25, -0.2) is 9.97 Å². The molecule has 0 radical (unpaired) electrons. The number of rotatable bonds is 1. The molecule has 2 heterocycles. The molecule has 0 aliphatic rings. The Bertz CT molecular complexity index is 663. The van der Waals surface area contributed by atoms with Crippen molar-refractivity contribution in [1.29, 1.82) is 0 Å². The van der Waals surface area contributed by atoms with Gasteiger partial charge in [0.15, 0.2) is 0 Å². The number of thiazole rings is 1. The van der Waals surface area contributed by atoms with Gasteiger partial charge in [-0.15, -0.1) is 11.3 Å². The zero-order valence-electron chi connectivity index (χ0n) is 9.53. The molecule has 82 valence electrons. The van der Waals surface area contributed by atoms with E-state index in [1.807, 2.05) is 6.92 Å². The van der Waals surface area contributed by atoms with Crippen LogP contribution < -0.4 is 0 Å². The molecule has 16 heavy (non-hydrogen) atoms. The van der Waals surface area contributed by atoms with Crippen molar-refractivity contribution in [2.45, 2.75) is 26.7 Å². The van der Waals surface area contributed by atoms with Crippen LogP contribution in [0.25, 0.3) is 21.3 Å². The summed E-state index contributed by atoms with van der Waals surface area (Å²) in [5.41, 5.74) is 3.22. The van der Waals surface area contributed by atoms with Crippen LogP contribution in [0.4, 0.5) is 0 Å². The van der Waals surface area contributed by atoms with Crippen molar-refractivity contribution >= 4 is 32.6 Å². The Balaban J connectivity index is 2.40. The number of fused-ring (bicyclic) bond motifs is 3. The number of hydrogen-bond donors (Lipinski definition) is 1. The third kappa shape index (κ3) is 1.33. The van der Waals surface area contributed by atoms with Gasteiger partial charge in [0.25, 0.3) is 0 Å². The Morgan fingerprint density at radius 2 is 2.06 bits per heavy atom. The maximum atomic E-state index is 4.64. The summed E-state index contributed by atoms with van der Waals surface area (Å²) < 4.78 is 1.20. The molecule has 3 aromatic rings. The summed E-state index contributed by atoms with van der Waals surface area (Å²) in [5, 5.41) is 1.18. The molecular weight excluding hydrogens is 218 g/mol. The van der Waals surface area contributed by atoms with Crippen LogP contribution in [0.15, 0.2) is 12.1 Å².